The Bertz CT molecular complexity index is 618. The lowest BCUT2D eigenvalue weighted by atomic mass is 10.1. The first-order valence-corrected chi connectivity index (χ1v) is 7.50. The van der Waals surface area contributed by atoms with Gasteiger partial charge in [-0.1, -0.05) is 18.2 Å². The Kier molecular flexibility index (Phi) is 3.96. The van der Waals surface area contributed by atoms with Crippen LogP contribution in [0.2, 0.25) is 0 Å². The van der Waals surface area contributed by atoms with Crippen molar-refractivity contribution in [2.24, 2.45) is 0 Å². The molecule has 20 heavy (non-hydrogen) atoms. The van der Waals surface area contributed by atoms with Crippen LogP contribution in [0.3, 0.4) is 0 Å². The minimum absolute atomic E-state index is 0.0765. The lowest BCUT2D eigenvalue weighted by Gasteiger charge is -1.99. The maximum absolute atomic E-state index is 12.9. The zero-order valence-corrected chi connectivity index (χ0v) is 11.8. The van der Waals surface area contributed by atoms with E-state index in [9.17, 15) is 4.39 Å². The van der Waals surface area contributed by atoms with Crippen LogP contribution in [-0.4, -0.2) is 11.2 Å². The van der Waals surface area contributed by atoms with Crippen molar-refractivity contribution in [3.63, 3.8) is 0 Å². The van der Waals surface area contributed by atoms with E-state index in [0.717, 1.165) is 24.8 Å². The third-order valence-electron chi connectivity index (χ3n) is 3.56. The van der Waals surface area contributed by atoms with Crippen LogP contribution in [-0.2, 0) is 6.42 Å². The third-order valence-corrected chi connectivity index (χ3v) is 4.72. The van der Waals surface area contributed by atoms with Crippen molar-refractivity contribution in [2.45, 2.75) is 25.3 Å². The smallest absolute Gasteiger partial charge is 0.123 e. The topological polar surface area (TPSA) is 32.3 Å². The molecule has 0 aliphatic heterocycles. The molecular formula is C16H16FNOS. The van der Waals surface area contributed by atoms with Crippen LogP contribution in [0.25, 0.3) is 5.57 Å². The molecule has 1 aliphatic carbocycles. The number of hydroxylamine groups is 1. The second-order valence-corrected chi connectivity index (χ2v) is 6.20. The summed E-state index contributed by atoms with van der Waals surface area (Å²) >= 11 is 1.77. The van der Waals surface area contributed by atoms with Gasteiger partial charge in [-0.15, -0.1) is 11.3 Å². The number of rotatable bonds is 4. The first-order valence-electron chi connectivity index (χ1n) is 6.68. The summed E-state index contributed by atoms with van der Waals surface area (Å²) in [5.74, 6) is -0.195. The monoisotopic (exact) mass is 289 g/mol. The molecule has 1 aromatic carbocycles. The number of benzene rings is 1. The molecular weight excluding hydrogens is 273 g/mol. The molecule has 0 radical (unpaired) electrons. The average Bonchev–Trinajstić information content (AvgIpc) is 3.10. The fourth-order valence-electron chi connectivity index (χ4n) is 2.48. The Morgan fingerprint density at radius 1 is 1.20 bits per heavy atom. The van der Waals surface area contributed by atoms with E-state index >= 15 is 0 Å². The lowest BCUT2D eigenvalue weighted by molar-refractivity contribution is 0.143. The van der Waals surface area contributed by atoms with Gasteiger partial charge in [-0.05, 0) is 48.2 Å². The highest BCUT2D eigenvalue weighted by Gasteiger charge is 2.17. The van der Waals surface area contributed by atoms with Crippen LogP contribution < -0.4 is 5.48 Å². The standard InChI is InChI=1S/C16H16FNOS/c17-13-4-1-11(2-5-13)9-15-7-8-16(20-15)12-3-6-14(10-12)18-19/h1-2,4-5,7-8,10,14,18-19H,3,6,9H2. The SMILES string of the molecule is ONC1C=C(c2ccc(Cc3ccc(F)cc3)s2)CC1. The maximum atomic E-state index is 12.9. The zero-order chi connectivity index (χ0) is 13.9. The Hall–Kier alpha value is -1.49. The molecule has 0 spiro atoms. The first kappa shape index (κ1) is 13.5. The summed E-state index contributed by atoms with van der Waals surface area (Å²) in [6.45, 7) is 0. The molecule has 3 rings (SSSR count). The van der Waals surface area contributed by atoms with E-state index in [1.807, 2.05) is 12.1 Å². The molecule has 2 N–H and O–H groups in total. The van der Waals surface area contributed by atoms with Crippen LogP contribution in [0.1, 0.15) is 28.2 Å². The lowest BCUT2D eigenvalue weighted by Crippen LogP contribution is -2.20. The van der Waals surface area contributed by atoms with E-state index in [1.54, 1.807) is 11.3 Å². The second kappa shape index (κ2) is 5.87. The summed E-state index contributed by atoms with van der Waals surface area (Å²) in [6.07, 6.45) is 4.86. The van der Waals surface area contributed by atoms with Gasteiger partial charge in [-0.2, -0.15) is 5.48 Å². The molecule has 0 saturated heterocycles. The number of allylic oxidation sites excluding steroid dienone is 1. The molecule has 1 aliphatic rings. The number of halogens is 1. The summed E-state index contributed by atoms with van der Waals surface area (Å²) in [6, 6.07) is 11.0. The Balaban J connectivity index is 1.72. The summed E-state index contributed by atoms with van der Waals surface area (Å²) in [5.41, 5.74) is 4.73. The molecule has 0 fully saturated rings. The van der Waals surface area contributed by atoms with Crippen LogP contribution >= 0.6 is 11.3 Å². The normalized spacial score (nSPS) is 18.3. The van der Waals surface area contributed by atoms with Crippen molar-refractivity contribution in [1.29, 1.82) is 0 Å². The van der Waals surface area contributed by atoms with Crippen molar-refractivity contribution in [2.75, 3.05) is 0 Å². The predicted molar refractivity (Wildman–Crippen MR) is 79.4 cm³/mol. The van der Waals surface area contributed by atoms with Gasteiger partial charge in [0.25, 0.3) is 0 Å². The van der Waals surface area contributed by atoms with Gasteiger partial charge in [0.2, 0.25) is 0 Å². The van der Waals surface area contributed by atoms with Crippen molar-refractivity contribution in [3.8, 4) is 0 Å². The van der Waals surface area contributed by atoms with Crippen LogP contribution in [0.4, 0.5) is 4.39 Å². The molecule has 0 saturated carbocycles. The quantitative estimate of drug-likeness (QED) is 0.834. The van der Waals surface area contributed by atoms with Crippen molar-refractivity contribution < 1.29 is 9.60 Å². The van der Waals surface area contributed by atoms with Crippen molar-refractivity contribution in [3.05, 3.63) is 63.6 Å². The predicted octanol–water partition coefficient (Wildman–Crippen LogP) is 4.00. The second-order valence-electron chi connectivity index (χ2n) is 5.04. The minimum atomic E-state index is -0.195. The van der Waals surface area contributed by atoms with E-state index in [4.69, 9.17) is 5.21 Å². The van der Waals surface area contributed by atoms with Gasteiger partial charge in [0, 0.05) is 16.2 Å². The highest BCUT2D eigenvalue weighted by atomic mass is 32.1. The van der Waals surface area contributed by atoms with Gasteiger partial charge in [0.1, 0.15) is 5.82 Å². The number of nitrogens with one attached hydrogen (secondary N) is 1. The van der Waals surface area contributed by atoms with Crippen molar-refractivity contribution in [1.82, 2.24) is 5.48 Å². The van der Waals surface area contributed by atoms with Crippen LogP contribution in [0.5, 0.6) is 0 Å². The maximum Gasteiger partial charge on any atom is 0.123 e. The minimum Gasteiger partial charge on any atom is -0.316 e. The number of hydrogen-bond acceptors (Lipinski definition) is 3. The molecule has 1 heterocycles. The van der Waals surface area contributed by atoms with Gasteiger partial charge in [0.05, 0.1) is 6.04 Å². The summed E-state index contributed by atoms with van der Waals surface area (Å²) in [4.78, 5) is 2.53. The molecule has 104 valence electrons. The average molecular weight is 289 g/mol. The van der Waals surface area contributed by atoms with E-state index in [-0.39, 0.29) is 11.9 Å². The highest BCUT2D eigenvalue weighted by Crippen LogP contribution is 2.33. The highest BCUT2D eigenvalue weighted by molar-refractivity contribution is 7.13. The van der Waals surface area contributed by atoms with Crippen LogP contribution in [0.15, 0.2) is 42.5 Å². The Morgan fingerprint density at radius 2 is 2.00 bits per heavy atom. The Morgan fingerprint density at radius 3 is 2.70 bits per heavy atom. The number of thiophene rings is 1. The van der Waals surface area contributed by atoms with E-state index in [1.165, 1.54) is 27.5 Å². The molecule has 2 nitrogen and oxygen atoms in total. The van der Waals surface area contributed by atoms with Gasteiger partial charge in [-0.25, -0.2) is 4.39 Å². The third kappa shape index (κ3) is 2.98. The summed E-state index contributed by atoms with van der Waals surface area (Å²) in [5, 5.41) is 8.93. The zero-order valence-electron chi connectivity index (χ0n) is 11.0. The molecule has 4 heteroatoms. The molecule has 0 amide bonds. The van der Waals surface area contributed by atoms with Crippen LogP contribution in [0, 0.1) is 5.82 Å². The molecule has 0 bridgehead atoms. The largest absolute Gasteiger partial charge is 0.316 e. The molecule has 1 atom stereocenters. The fourth-order valence-corrected chi connectivity index (χ4v) is 3.57. The van der Waals surface area contributed by atoms with Gasteiger partial charge < -0.3 is 5.21 Å². The summed E-state index contributed by atoms with van der Waals surface area (Å²) < 4.78 is 12.9. The van der Waals surface area contributed by atoms with E-state index in [0.29, 0.717) is 0 Å². The molecule has 1 unspecified atom stereocenters. The fraction of sp³-hybridized carbons (Fsp3) is 0.250. The van der Waals surface area contributed by atoms with E-state index < -0.39 is 0 Å². The molecule has 1 aromatic heterocycles. The van der Waals surface area contributed by atoms with Gasteiger partial charge in [-0.3, -0.25) is 0 Å². The number of hydrogen-bond donors (Lipinski definition) is 2. The summed E-state index contributed by atoms with van der Waals surface area (Å²) in [7, 11) is 0. The first-order chi connectivity index (χ1) is 9.74. The van der Waals surface area contributed by atoms with Gasteiger partial charge >= 0.3 is 0 Å². The Labute approximate surface area is 121 Å². The van der Waals surface area contributed by atoms with Gasteiger partial charge in [0.15, 0.2) is 0 Å². The van der Waals surface area contributed by atoms with E-state index in [2.05, 4.69) is 23.7 Å². The molecule has 2 aromatic rings. The van der Waals surface area contributed by atoms with Crippen molar-refractivity contribution >= 4 is 16.9 Å².